The number of aryl methyl sites for hydroxylation is 1. The third-order valence-corrected chi connectivity index (χ3v) is 7.00. The summed E-state index contributed by atoms with van der Waals surface area (Å²) in [5.74, 6) is -0.744. The molecule has 28 heavy (non-hydrogen) atoms. The van der Waals surface area contributed by atoms with Crippen molar-refractivity contribution in [2.24, 2.45) is 12.0 Å². The quantitative estimate of drug-likeness (QED) is 0.428. The normalized spacial score (nSPS) is 12.0. The van der Waals surface area contributed by atoms with Crippen molar-refractivity contribution < 1.29 is 14.3 Å². The highest BCUT2D eigenvalue weighted by molar-refractivity contribution is 7.21. The SMILES string of the molecule is CCOC(=O)c1ccc2c(c1)sc(=NC(=O)c1sc3ccccc3c1Cl)n2C. The van der Waals surface area contributed by atoms with Gasteiger partial charge in [-0.05, 0) is 31.2 Å². The number of rotatable bonds is 3. The van der Waals surface area contributed by atoms with E-state index < -0.39 is 0 Å². The van der Waals surface area contributed by atoms with Crippen LogP contribution in [0.15, 0.2) is 47.5 Å². The van der Waals surface area contributed by atoms with E-state index in [1.165, 1.54) is 22.7 Å². The average molecular weight is 431 g/mol. The predicted molar refractivity (Wildman–Crippen MR) is 113 cm³/mol. The highest BCUT2D eigenvalue weighted by Gasteiger charge is 2.17. The molecule has 2 aromatic carbocycles. The lowest BCUT2D eigenvalue weighted by Crippen LogP contribution is -2.13. The Balaban J connectivity index is 1.78. The molecule has 142 valence electrons. The third kappa shape index (κ3) is 3.26. The average Bonchev–Trinajstić information content (AvgIpc) is 3.19. The van der Waals surface area contributed by atoms with Crippen LogP contribution in [0, 0.1) is 0 Å². The van der Waals surface area contributed by atoms with Gasteiger partial charge in [0.25, 0.3) is 5.91 Å². The number of hydrogen-bond donors (Lipinski definition) is 0. The van der Waals surface area contributed by atoms with E-state index in [0.717, 1.165) is 20.3 Å². The number of aromatic nitrogens is 1. The van der Waals surface area contributed by atoms with Gasteiger partial charge in [0, 0.05) is 17.1 Å². The van der Waals surface area contributed by atoms with Gasteiger partial charge in [-0.3, -0.25) is 4.79 Å². The number of benzene rings is 2. The van der Waals surface area contributed by atoms with Crippen LogP contribution in [-0.4, -0.2) is 23.1 Å². The number of amides is 1. The fourth-order valence-corrected chi connectivity index (χ4v) is 5.32. The molecule has 1 amide bonds. The Morgan fingerprint density at radius 2 is 1.93 bits per heavy atom. The van der Waals surface area contributed by atoms with Crippen molar-refractivity contribution >= 4 is 66.5 Å². The van der Waals surface area contributed by atoms with Crippen LogP contribution in [0.3, 0.4) is 0 Å². The molecule has 5 nitrogen and oxygen atoms in total. The number of thiophene rings is 1. The lowest BCUT2D eigenvalue weighted by Gasteiger charge is -2.01. The molecule has 0 unspecified atom stereocenters. The Hall–Kier alpha value is -2.48. The number of nitrogens with zero attached hydrogens (tertiary/aromatic N) is 2. The molecule has 2 heterocycles. The summed E-state index contributed by atoms with van der Waals surface area (Å²) < 4.78 is 8.67. The van der Waals surface area contributed by atoms with Gasteiger partial charge in [0.1, 0.15) is 4.88 Å². The number of carbonyl (C=O) groups is 2. The lowest BCUT2D eigenvalue weighted by molar-refractivity contribution is 0.0526. The Morgan fingerprint density at radius 1 is 1.14 bits per heavy atom. The number of esters is 1. The molecule has 0 aliphatic carbocycles. The van der Waals surface area contributed by atoms with E-state index in [0.29, 0.717) is 26.9 Å². The van der Waals surface area contributed by atoms with Gasteiger partial charge in [0.2, 0.25) is 0 Å². The summed E-state index contributed by atoms with van der Waals surface area (Å²) >= 11 is 9.07. The minimum absolute atomic E-state index is 0.320. The molecular weight excluding hydrogens is 416 g/mol. The van der Waals surface area contributed by atoms with Crippen LogP contribution >= 0.6 is 34.3 Å². The summed E-state index contributed by atoms with van der Waals surface area (Å²) in [5.41, 5.74) is 1.36. The topological polar surface area (TPSA) is 60.7 Å². The zero-order valence-electron chi connectivity index (χ0n) is 15.1. The van der Waals surface area contributed by atoms with Crippen molar-refractivity contribution in [2.45, 2.75) is 6.92 Å². The van der Waals surface area contributed by atoms with Crippen LogP contribution in [0.25, 0.3) is 20.3 Å². The maximum Gasteiger partial charge on any atom is 0.338 e. The molecule has 4 rings (SSSR count). The molecule has 0 aliphatic heterocycles. The van der Waals surface area contributed by atoms with Gasteiger partial charge < -0.3 is 9.30 Å². The van der Waals surface area contributed by atoms with Crippen LogP contribution in [0.5, 0.6) is 0 Å². The van der Waals surface area contributed by atoms with Gasteiger partial charge in [0.15, 0.2) is 4.80 Å². The first kappa shape index (κ1) is 18.9. The number of hydrogen-bond acceptors (Lipinski definition) is 5. The van der Waals surface area contributed by atoms with E-state index in [1.807, 2.05) is 41.9 Å². The van der Waals surface area contributed by atoms with Crippen LogP contribution in [-0.2, 0) is 11.8 Å². The van der Waals surface area contributed by atoms with Crippen LogP contribution in [0.1, 0.15) is 27.0 Å². The van der Waals surface area contributed by atoms with Crippen molar-refractivity contribution in [1.29, 1.82) is 0 Å². The molecule has 0 spiro atoms. The van der Waals surface area contributed by atoms with E-state index in [2.05, 4.69) is 4.99 Å². The Labute approximate surface area is 173 Å². The van der Waals surface area contributed by atoms with Crippen LogP contribution in [0.4, 0.5) is 0 Å². The van der Waals surface area contributed by atoms with Crippen molar-refractivity contribution in [2.75, 3.05) is 6.61 Å². The predicted octanol–water partition coefficient (Wildman–Crippen LogP) is 5.03. The molecule has 0 saturated heterocycles. The highest BCUT2D eigenvalue weighted by Crippen LogP contribution is 2.35. The highest BCUT2D eigenvalue weighted by atomic mass is 35.5. The molecule has 8 heteroatoms. The minimum atomic E-state index is -0.376. The number of fused-ring (bicyclic) bond motifs is 2. The Morgan fingerprint density at radius 3 is 2.68 bits per heavy atom. The second-order valence-corrected chi connectivity index (χ2v) is 8.44. The third-order valence-electron chi connectivity index (χ3n) is 4.25. The maximum atomic E-state index is 12.8. The van der Waals surface area contributed by atoms with Gasteiger partial charge >= 0.3 is 5.97 Å². The minimum Gasteiger partial charge on any atom is -0.462 e. The van der Waals surface area contributed by atoms with E-state index in [9.17, 15) is 9.59 Å². The van der Waals surface area contributed by atoms with Crippen molar-refractivity contribution in [3.63, 3.8) is 0 Å². The summed E-state index contributed by atoms with van der Waals surface area (Å²) in [5, 5.41) is 1.29. The second kappa shape index (κ2) is 7.50. The molecule has 0 N–H and O–H groups in total. The molecule has 4 aromatic rings. The Bertz CT molecular complexity index is 1300. The van der Waals surface area contributed by atoms with Crippen LogP contribution in [0.2, 0.25) is 5.02 Å². The first-order valence-corrected chi connectivity index (χ1v) is 10.5. The molecule has 0 fully saturated rings. The monoisotopic (exact) mass is 430 g/mol. The summed E-state index contributed by atoms with van der Waals surface area (Å²) in [6.07, 6.45) is 0. The zero-order chi connectivity index (χ0) is 19.8. The van der Waals surface area contributed by atoms with Gasteiger partial charge in [-0.25, -0.2) is 4.79 Å². The molecular formula is C20H15ClN2O3S2. The number of halogens is 1. The van der Waals surface area contributed by atoms with Crippen molar-refractivity contribution in [3.8, 4) is 0 Å². The van der Waals surface area contributed by atoms with E-state index in [4.69, 9.17) is 16.3 Å². The number of carbonyl (C=O) groups excluding carboxylic acids is 2. The molecule has 2 aromatic heterocycles. The summed E-state index contributed by atoms with van der Waals surface area (Å²) in [7, 11) is 1.83. The first-order valence-electron chi connectivity index (χ1n) is 8.52. The maximum absolute atomic E-state index is 12.8. The molecule has 0 radical (unpaired) electrons. The molecule has 0 aliphatic rings. The molecule has 0 bridgehead atoms. The van der Waals surface area contributed by atoms with Crippen molar-refractivity contribution in [1.82, 2.24) is 4.57 Å². The summed E-state index contributed by atoms with van der Waals surface area (Å²) in [6, 6.07) is 12.9. The van der Waals surface area contributed by atoms with Gasteiger partial charge in [0.05, 0.1) is 27.4 Å². The zero-order valence-corrected chi connectivity index (χ0v) is 17.5. The standard InChI is InChI=1S/C20H15ClN2O3S2/c1-3-26-19(25)11-8-9-13-15(10-11)28-20(23(13)2)22-18(24)17-16(21)12-6-4-5-7-14(12)27-17/h4-10H,3H2,1-2H3. The number of thiazole rings is 1. The summed E-state index contributed by atoms with van der Waals surface area (Å²) in [4.78, 5) is 30.0. The van der Waals surface area contributed by atoms with Gasteiger partial charge in [-0.2, -0.15) is 4.99 Å². The smallest absolute Gasteiger partial charge is 0.338 e. The largest absolute Gasteiger partial charge is 0.462 e. The number of ether oxygens (including phenoxy) is 1. The first-order chi connectivity index (χ1) is 13.5. The van der Waals surface area contributed by atoms with E-state index in [1.54, 1.807) is 19.1 Å². The fourth-order valence-electron chi connectivity index (χ4n) is 2.87. The summed E-state index contributed by atoms with van der Waals surface area (Å²) in [6.45, 7) is 2.09. The lowest BCUT2D eigenvalue weighted by atomic mass is 10.2. The van der Waals surface area contributed by atoms with Crippen LogP contribution < -0.4 is 4.80 Å². The van der Waals surface area contributed by atoms with E-state index >= 15 is 0 Å². The van der Waals surface area contributed by atoms with Gasteiger partial charge in [-0.15, -0.1) is 11.3 Å². The van der Waals surface area contributed by atoms with Crippen molar-refractivity contribution in [3.05, 3.63) is 62.7 Å². The Kier molecular flexibility index (Phi) is 5.05. The molecule has 0 atom stereocenters. The molecule has 0 saturated carbocycles. The van der Waals surface area contributed by atoms with E-state index in [-0.39, 0.29) is 11.9 Å². The second-order valence-electron chi connectivity index (χ2n) is 6.00. The fraction of sp³-hybridized carbons (Fsp3) is 0.150. The van der Waals surface area contributed by atoms with Gasteiger partial charge in [-0.1, -0.05) is 41.1 Å².